The van der Waals surface area contributed by atoms with Gasteiger partial charge >= 0.3 is 5.97 Å². The summed E-state index contributed by atoms with van der Waals surface area (Å²) in [6.45, 7) is 11.3. The number of halogens is 1. The highest BCUT2D eigenvalue weighted by atomic mass is 35.5. The van der Waals surface area contributed by atoms with Crippen LogP contribution in [-0.4, -0.2) is 31.5 Å². The molecular weight excluding hydrogens is 414 g/mol. The number of esters is 1. The molecule has 4 nitrogen and oxygen atoms in total. The van der Waals surface area contributed by atoms with Crippen molar-refractivity contribution in [2.24, 2.45) is 0 Å². The van der Waals surface area contributed by atoms with E-state index in [0.717, 1.165) is 24.8 Å². The van der Waals surface area contributed by atoms with E-state index in [4.69, 9.17) is 20.8 Å². The number of hydrogen-bond acceptors (Lipinski definition) is 4. The van der Waals surface area contributed by atoms with E-state index in [9.17, 15) is 4.79 Å². The molecule has 1 aromatic carbocycles. The van der Waals surface area contributed by atoms with Gasteiger partial charge in [0.2, 0.25) is 0 Å². The maximum Gasteiger partial charge on any atom is 0.338 e. The maximum absolute atomic E-state index is 12.7. The van der Waals surface area contributed by atoms with E-state index in [1.165, 1.54) is 0 Å². The van der Waals surface area contributed by atoms with Crippen molar-refractivity contribution in [3.63, 3.8) is 0 Å². The number of carbonyl (C=O) groups is 1. The highest BCUT2D eigenvalue weighted by Crippen LogP contribution is 2.42. The monoisotopic (exact) mass is 445 g/mol. The standard InChI is InChI=1S/C24H32ClNO3Si/c1-24(2,3)30(4,5)29-19-12-13-21(28-23(27)17-9-7-6-8-10-17)20(15-19)18-11-14-22(25)26-16-18/h6-11,14,16,19-21H,12-13,15H2,1-5H3/t19-,20-,21+/m0/s1. The van der Waals surface area contributed by atoms with Crippen LogP contribution in [-0.2, 0) is 9.16 Å². The highest BCUT2D eigenvalue weighted by molar-refractivity contribution is 6.74. The SMILES string of the molecule is CC(C)(C)[Si](C)(C)O[C@H]1CC[C@@H](OC(=O)c2ccccc2)[C@H](c2ccc(Cl)nc2)C1. The third-order valence-electron chi connectivity index (χ3n) is 6.45. The largest absolute Gasteiger partial charge is 0.458 e. The van der Waals surface area contributed by atoms with Gasteiger partial charge in [0.1, 0.15) is 11.3 Å². The van der Waals surface area contributed by atoms with Crippen molar-refractivity contribution >= 4 is 25.9 Å². The van der Waals surface area contributed by atoms with Crippen molar-refractivity contribution in [2.45, 2.75) is 76.3 Å². The van der Waals surface area contributed by atoms with Crippen molar-refractivity contribution in [3.05, 3.63) is 64.9 Å². The van der Waals surface area contributed by atoms with Gasteiger partial charge in [-0.2, -0.15) is 0 Å². The van der Waals surface area contributed by atoms with Crippen molar-refractivity contribution in [1.82, 2.24) is 4.98 Å². The molecule has 0 spiro atoms. The predicted octanol–water partition coefficient (Wildman–Crippen LogP) is 6.62. The van der Waals surface area contributed by atoms with Gasteiger partial charge in [-0.25, -0.2) is 9.78 Å². The third-order valence-corrected chi connectivity index (χ3v) is 11.2. The van der Waals surface area contributed by atoms with E-state index < -0.39 is 8.32 Å². The molecule has 3 rings (SSSR count). The van der Waals surface area contributed by atoms with E-state index in [-0.39, 0.29) is 29.1 Å². The fourth-order valence-corrected chi connectivity index (χ4v) is 5.20. The second-order valence-corrected chi connectivity index (χ2v) is 14.8. The summed E-state index contributed by atoms with van der Waals surface area (Å²) in [4.78, 5) is 17.0. The molecule has 0 radical (unpaired) electrons. The second-order valence-electron chi connectivity index (χ2n) is 9.64. The van der Waals surface area contributed by atoms with Gasteiger partial charge in [0.05, 0.1) is 5.56 Å². The average molecular weight is 446 g/mol. The van der Waals surface area contributed by atoms with Crippen LogP contribution in [0.3, 0.4) is 0 Å². The Morgan fingerprint density at radius 1 is 1.10 bits per heavy atom. The Morgan fingerprint density at radius 3 is 2.40 bits per heavy atom. The van der Waals surface area contributed by atoms with Crippen LogP contribution >= 0.6 is 11.6 Å². The van der Waals surface area contributed by atoms with Crippen LogP contribution in [0.15, 0.2) is 48.7 Å². The zero-order valence-electron chi connectivity index (χ0n) is 18.5. The molecule has 0 saturated heterocycles. The van der Waals surface area contributed by atoms with Gasteiger partial charge in [-0.1, -0.05) is 56.6 Å². The normalized spacial score (nSPS) is 22.5. The first kappa shape index (κ1) is 23.0. The van der Waals surface area contributed by atoms with Crippen LogP contribution in [0.5, 0.6) is 0 Å². The van der Waals surface area contributed by atoms with Crippen LogP contribution in [0.25, 0.3) is 0 Å². The van der Waals surface area contributed by atoms with E-state index in [2.05, 4.69) is 38.8 Å². The first-order chi connectivity index (χ1) is 14.1. The summed E-state index contributed by atoms with van der Waals surface area (Å²) in [5, 5.41) is 0.613. The molecule has 1 aliphatic carbocycles. The molecule has 30 heavy (non-hydrogen) atoms. The number of pyridine rings is 1. The summed E-state index contributed by atoms with van der Waals surface area (Å²) in [5.41, 5.74) is 1.61. The molecule has 0 N–H and O–H groups in total. The molecule has 0 bridgehead atoms. The molecule has 1 saturated carbocycles. The van der Waals surface area contributed by atoms with Crippen LogP contribution in [0.2, 0.25) is 23.3 Å². The fourth-order valence-electron chi connectivity index (χ4n) is 3.68. The Hall–Kier alpha value is -1.69. The molecule has 0 unspecified atom stereocenters. The highest BCUT2D eigenvalue weighted by Gasteiger charge is 2.42. The quantitative estimate of drug-likeness (QED) is 0.295. The predicted molar refractivity (Wildman–Crippen MR) is 124 cm³/mol. The van der Waals surface area contributed by atoms with Gasteiger partial charge in [-0.3, -0.25) is 0 Å². The number of ether oxygens (including phenoxy) is 1. The molecular formula is C24H32ClNO3Si. The Balaban J connectivity index is 1.79. The summed E-state index contributed by atoms with van der Waals surface area (Å²) in [5.74, 6) is -0.248. The minimum absolute atomic E-state index is 0.0333. The number of nitrogens with zero attached hydrogens (tertiary/aromatic N) is 1. The molecule has 1 fully saturated rings. The molecule has 3 atom stereocenters. The molecule has 1 aromatic heterocycles. The maximum atomic E-state index is 12.7. The van der Waals surface area contributed by atoms with Gasteiger partial charge in [-0.05, 0) is 61.2 Å². The Labute approximate surface area is 186 Å². The summed E-state index contributed by atoms with van der Waals surface area (Å²) in [6.07, 6.45) is 4.20. The van der Waals surface area contributed by atoms with Crippen LogP contribution < -0.4 is 0 Å². The lowest BCUT2D eigenvalue weighted by molar-refractivity contribution is -0.00354. The summed E-state index contributed by atoms with van der Waals surface area (Å²) < 4.78 is 12.7. The van der Waals surface area contributed by atoms with Crippen LogP contribution in [0.4, 0.5) is 0 Å². The topological polar surface area (TPSA) is 48.4 Å². The molecule has 0 aliphatic heterocycles. The number of rotatable bonds is 5. The van der Waals surface area contributed by atoms with Crippen molar-refractivity contribution in [1.29, 1.82) is 0 Å². The lowest BCUT2D eigenvalue weighted by Crippen LogP contribution is -2.46. The minimum Gasteiger partial charge on any atom is -0.458 e. The first-order valence-corrected chi connectivity index (χ1v) is 13.9. The Kier molecular flexibility index (Phi) is 7.05. The third kappa shape index (κ3) is 5.51. The van der Waals surface area contributed by atoms with E-state index in [1.54, 1.807) is 24.4 Å². The van der Waals surface area contributed by atoms with E-state index >= 15 is 0 Å². The number of aromatic nitrogens is 1. The van der Waals surface area contributed by atoms with Gasteiger partial charge in [0, 0.05) is 18.2 Å². The first-order valence-electron chi connectivity index (χ1n) is 10.6. The number of hydrogen-bond donors (Lipinski definition) is 0. The summed E-state index contributed by atoms with van der Waals surface area (Å²) >= 11 is 6.00. The smallest absolute Gasteiger partial charge is 0.338 e. The van der Waals surface area contributed by atoms with Crippen molar-refractivity contribution in [3.8, 4) is 0 Å². The van der Waals surface area contributed by atoms with E-state index in [0.29, 0.717) is 10.7 Å². The molecule has 0 amide bonds. The average Bonchev–Trinajstić information content (AvgIpc) is 2.69. The zero-order valence-corrected chi connectivity index (χ0v) is 20.3. The van der Waals surface area contributed by atoms with Gasteiger partial charge in [0.15, 0.2) is 8.32 Å². The second kappa shape index (κ2) is 9.21. The molecule has 162 valence electrons. The lowest BCUT2D eigenvalue weighted by Gasteiger charge is -2.43. The zero-order chi connectivity index (χ0) is 21.9. The fraction of sp³-hybridized carbons (Fsp3) is 0.500. The van der Waals surface area contributed by atoms with Crippen molar-refractivity contribution in [2.75, 3.05) is 0 Å². The van der Waals surface area contributed by atoms with Gasteiger partial charge < -0.3 is 9.16 Å². The van der Waals surface area contributed by atoms with Crippen LogP contribution in [0, 0.1) is 0 Å². The van der Waals surface area contributed by atoms with Crippen molar-refractivity contribution < 1.29 is 14.0 Å². The van der Waals surface area contributed by atoms with Gasteiger partial charge in [0.25, 0.3) is 0 Å². The Morgan fingerprint density at radius 2 is 1.80 bits per heavy atom. The summed E-state index contributed by atoms with van der Waals surface area (Å²) in [6, 6.07) is 12.9. The number of carbonyl (C=O) groups excluding carboxylic acids is 1. The van der Waals surface area contributed by atoms with Crippen LogP contribution in [0.1, 0.15) is 61.9 Å². The number of benzene rings is 1. The lowest BCUT2D eigenvalue weighted by atomic mass is 9.80. The molecule has 1 aliphatic rings. The molecule has 2 aromatic rings. The minimum atomic E-state index is -1.88. The summed E-state index contributed by atoms with van der Waals surface area (Å²) in [7, 11) is -1.88. The molecule has 6 heteroatoms. The van der Waals surface area contributed by atoms with Gasteiger partial charge in [-0.15, -0.1) is 0 Å². The van der Waals surface area contributed by atoms with E-state index in [1.807, 2.05) is 24.3 Å². The molecule has 1 heterocycles. The Bertz CT molecular complexity index is 849.